The average molecular weight is 230 g/mol. The quantitative estimate of drug-likeness (QED) is 0.768. The molecule has 3 nitrogen and oxygen atoms in total. The number of phenols is 1. The lowest BCUT2D eigenvalue weighted by Crippen LogP contribution is -2.11. The maximum Gasteiger partial charge on any atom is 0.252 e. The van der Waals surface area contributed by atoms with E-state index in [1.165, 1.54) is 0 Å². The Bertz CT molecular complexity index is 336. The summed E-state index contributed by atoms with van der Waals surface area (Å²) in [5.41, 5.74) is 6.04. The largest absolute Gasteiger partial charge is 0.506 e. The highest BCUT2D eigenvalue weighted by atomic mass is 79.9. The maximum absolute atomic E-state index is 10.8. The number of primary amides is 1. The van der Waals surface area contributed by atoms with Crippen molar-refractivity contribution >= 4 is 21.8 Å². The topological polar surface area (TPSA) is 63.3 Å². The molecule has 1 aromatic carbocycles. The van der Waals surface area contributed by atoms with Crippen molar-refractivity contribution in [1.82, 2.24) is 0 Å². The fraction of sp³-hybridized carbons (Fsp3) is 0.125. The lowest BCUT2D eigenvalue weighted by molar-refractivity contribution is 0.0997. The molecule has 0 unspecified atom stereocenters. The van der Waals surface area contributed by atoms with Gasteiger partial charge >= 0.3 is 0 Å². The monoisotopic (exact) mass is 229 g/mol. The van der Waals surface area contributed by atoms with E-state index in [-0.39, 0.29) is 11.3 Å². The van der Waals surface area contributed by atoms with Crippen LogP contribution in [0, 0.1) is 6.92 Å². The van der Waals surface area contributed by atoms with Gasteiger partial charge in [-0.3, -0.25) is 4.79 Å². The molecule has 0 heterocycles. The first-order valence-electron chi connectivity index (χ1n) is 3.31. The molecule has 0 saturated heterocycles. The van der Waals surface area contributed by atoms with E-state index in [1.807, 2.05) is 6.92 Å². The number of rotatable bonds is 1. The van der Waals surface area contributed by atoms with E-state index in [9.17, 15) is 9.90 Å². The predicted octanol–water partition coefficient (Wildman–Crippen LogP) is 1.56. The summed E-state index contributed by atoms with van der Waals surface area (Å²) >= 11 is 3.11. The van der Waals surface area contributed by atoms with Crippen molar-refractivity contribution in [3.63, 3.8) is 0 Å². The van der Waals surface area contributed by atoms with Gasteiger partial charge in [0.1, 0.15) is 5.75 Å². The summed E-state index contributed by atoms with van der Waals surface area (Å²) in [4.78, 5) is 10.8. The lowest BCUT2D eigenvalue weighted by atomic mass is 10.1. The predicted molar refractivity (Wildman–Crippen MR) is 49.1 cm³/mol. The summed E-state index contributed by atoms with van der Waals surface area (Å²) in [5.74, 6) is -0.731. The Morgan fingerprint density at radius 1 is 1.58 bits per heavy atom. The fourth-order valence-electron chi connectivity index (χ4n) is 0.922. The Kier molecular flexibility index (Phi) is 2.38. The molecule has 0 fully saturated rings. The summed E-state index contributed by atoms with van der Waals surface area (Å²) < 4.78 is 0.483. The molecule has 1 rings (SSSR count). The molecule has 0 aromatic heterocycles. The third kappa shape index (κ3) is 1.58. The van der Waals surface area contributed by atoms with E-state index >= 15 is 0 Å². The minimum atomic E-state index is -0.628. The van der Waals surface area contributed by atoms with E-state index < -0.39 is 5.91 Å². The molecule has 1 amide bonds. The number of amides is 1. The Morgan fingerprint density at radius 2 is 2.17 bits per heavy atom. The molecule has 1 aromatic rings. The highest BCUT2D eigenvalue weighted by Gasteiger charge is 2.10. The molecule has 0 spiro atoms. The van der Waals surface area contributed by atoms with Crippen LogP contribution in [0.15, 0.2) is 16.6 Å². The Labute approximate surface area is 78.3 Å². The minimum Gasteiger partial charge on any atom is -0.506 e. The Hall–Kier alpha value is -1.03. The minimum absolute atomic E-state index is 0.104. The van der Waals surface area contributed by atoms with Crippen molar-refractivity contribution in [2.75, 3.05) is 0 Å². The molecule has 0 radical (unpaired) electrons. The summed E-state index contributed by atoms with van der Waals surface area (Å²) in [6.07, 6.45) is 0. The molecule has 0 aliphatic carbocycles. The molecule has 0 bridgehead atoms. The average Bonchev–Trinajstić information content (AvgIpc) is 1.96. The van der Waals surface area contributed by atoms with Crippen molar-refractivity contribution in [3.8, 4) is 5.75 Å². The van der Waals surface area contributed by atoms with Gasteiger partial charge in [-0.1, -0.05) is 0 Å². The number of benzene rings is 1. The van der Waals surface area contributed by atoms with Crippen molar-refractivity contribution in [2.24, 2.45) is 5.73 Å². The number of carbonyl (C=O) groups is 1. The fourth-order valence-corrected chi connectivity index (χ4v) is 1.50. The number of aromatic hydroxyl groups is 1. The summed E-state index contributed by atoms with van der Waals surface area (Å²) in [6, 6.07) is 3.25. The first-order chi connectivity index (χ1) is 5.52. The Balaban J connectivity index is 3.37. The van der Waals surface area contributed by atoms with E-state index in [2.05, 4.69) is 15.9 Å². The highest BCUT2D eigenvalue weighted by molar-refractivity contribution is 9.10. The second kappa shape index (κ2) is 3.15. The zero-order valence-electron chi connectivity index (χ0n) is 6.47. The van der Waals surface area contributed by atoms with Gasteiger partial charge in [0, 0.05) is 0 Å². The number of nitrogens with two attached hydrogens (primary N) is 1. The molecule has 0 aliphatic heterocycles. The standard InChI is InChI=1S/C8H8BrNO2/c1-4-2-5(8(10)12)7(11)6(9)3-4/h2-3,11H,1H3,(H2,10,12). The second-order valence-corrected chi connectivity index (χ2v) is 3.36. The number of halogens is 1. The summed E-state index contributed by atoms with van der Waals surface area (Å²) in [7, 11) is 0. The molecule has 12 heavy (non-hydrogen) atoms. The molecule has 0 saturated carbocycles. The van der Waals surface area contributed by atoms with Crippen molar-refractivity contribution < 1.29 is 9.90 Å². The van der Waals surface area contributed by atoms with Crippen LogP contribution in [0.25, 0.3) is 0 Å². The number of carbonyl (C=O) groups excluding carboxylic acids is 1. The van der Waals surface area contributed by atoms with E-state index in [0.717, 1.165) is 5.56 Å². The van der Waals surface area contributed by atoms with Gasteiger partial charge in [-0.25, -0.2) is 0 Å². The van der Waals surface area contributed by atoms with E-state index in [1.54, 1.807) is 12.1 Å². The van der Waals surface area contributed by atoms with Crippen molar-refractivity contribution in [1.29, 1.82) is 0 Å². The van der Waals surface area contributed by atoms with Crippen molar-refractivity contribution in [2.45, 2.75) is 6.92 Å². The SMILES string of the molecule is Cc1cc(Br)c(O)c(C(N)=O)c1. The van der Waals surface area contributed by atoms with Crippen LogP contribution in [0.2, 0.25) is 0 Å². The first kappa shape index (κ1) is 9.06. The van der Waals surface area contributed by atoms with Crippen LogP contribution in [0.1, 0.15) is 15.9 Å². The van der Waals surface area contributed by atoms with Crippen LogP contribution in [0.5, 0.6) is 5.75 Å². The highest BCUT2D eigenvalue weighted by Crippen LogP contribution is 2.28. The second-order valence-electron chi connectivity index (χ2n) is 2.51. The van der Waals surface area contributed by atoms with Gasteiger partial charge in [0.05, 0.1) is 10.0 Å². The van der Waals surface area contributed by atoms with E-state index in [4.69, 9.17) is 5.73 Å². The van der Waals surface area contributed by atoms with Crippen LogP contribution in [0.4, 0.5) is 0 Å². The molecule has 0 atom stereocenters. The summed E-state index contributed by atoms with van der Waals surface area (Å²) in [6.45, 7) is 1.82. The number of hydrogen-bond donors (Lipinski definition) is 2. The lowest BCUT2D eigenvalue weighted by Gasteiger charge is -2.03. The third-order valence-corrected chi connectivity index (χ3v) is 2.08. The van der Waals surface area contributed by atoms with Crippen LogP contribution >= 0.6 is 15.9 Å². The van der Waals surface area contributed by atoms with Gasteiger partial charge in [-0.15, -0.1) is 0 Å². The molecule has 3 N–H and O–H groups in total. The van der Waals surface area contributed by atoms with Gasteiger partial charge in [-0.2, -0.15) is 0 Å². The van der Waals surface area contributed by atoms with Gasteiger partial charge in [0.25, 0.3) is 5.91 Å². The van der Waals surface area contributed by atoms with Crippen LogP contribution in [0.3, 0.4) is 0 Å². The molecular formula is C8H8BrNO2. The van der Waals surface area contributed by atoms with Crippen molar-refractivity contribution in [3.05, 3.63) is 27.7 Å². The van der Waals surface area contributed by atoms with Gasteiger partial charge < -0.3 is 10.8 Å². The maximum atomic E-state index is 10.8. The normalized spacial score (nSPS) is 9.83. The van der Waals surface area contributed by atoms with Gasteiger partial charge in [0.2, 0.25) is 0 Å². The number of hydrogen-bond acceptors (Lipinski definition) is 2. The third-order valence-electron chi connectivity index (χ3n) is 1.47. The summed E-state index contributed by atoms with van der Waals surface area (Å²) in [5, 5.41) is 9.34. The molecular weight excluding hydrogens is 222 g/mol. The first-order valence-corrected chi connectivity index (χ1v) is 4.10. The Morgan fingerprint density at radius 3 is 2.67 bits per heavy atom. The molecule has 4 heteroatoms. The van der Waals surface area contributed by atoms with Gasteiger partial charge in [-0.05, 0) is 40.5 Å². The van der Waals surface area contributed by atoms with Crippen LogP contribution in [-0.2, 0) is 0 Å². The zero-order valence-corrected chi connectivity index (χ0v) is 8.05. The van der Waals surface area contributed by atoms with E-state index in [0.29, 0.717) is 4.47 Å². The van der Waals surface area contributed by atoms with Gasteiger partial charge in [0.15, 0.2) is 0 Å². The molecule has 64 valence electrons. The van der Waals surface area contributed by atoms with Crippen LogP contribution in [-0.4, -0.2) is 11.0 Å². The zero-order chi connectivity index (χ0) is 9.30. The number of aryl methyl sites for hydroxylation is 1. The molecule has 0 aliphatic rings. The smallest absolute Gasteiger partial charge is 0.252 e. The van der Waals surface area contributed by atoms with Crippen LogP contribution < -0.4 is 5.73 Å².